The molecule has 0 atom stereocenters. The number of hydrogen-bond acceptors (Lipinski definition) is 3. The molecule has 0 saturated carbocycles. The highest BCUT2D eigenvalue weighted by Crippen LogP contribution is 2.25. The Balaban J connectivity index is 2.10. The lowest BCUT2D eigenvalue weighted by Gasteiger charge is -2.00. The summed E-state index contributed by atoms with van der Waals surface area (Å²) in [6.07, 6.45) is 3.32. The van der Waals surface area contributed by atoms with Gasteiger partial charge in [-0.2, -0.15) is 5.26 Å². The number of aromatic nitrogens is 1. The van der Waals surface area contributed by atoms with E-state index in [0.29, 0.717) is 5.56 Å². The van der Waals surface area contributed by atoms with E-state index < -0.39 is 0 Å². The molecule has 0 amide bonds. The van der Waals surface area contributed by atoms with Gasteiger partial charge in [0.25, 0.3) is 0 Å². The van der Waals surface area contributed by atoms with Crippen LogP contribution in [-0.2, 0) is 0 Å². The van der Waals surface area contributed by atoms with Crippen LogP contribution in [-0.4, -0.2) is 10.8 Å². The molecule has 1 aromatic carbocycles. The largest absolute Gasteiger partial charge is 0.360 e. The van der Waals surface area contributed by atoms with Crippen LogP contribution in [0, 0.1) is 18.3 Å². The summed E-state index contributed by atoms with van der Waals surface area (Å²) in [7, 11) is 0. The van der Waals surface area contributed by atoms with Gasteiger partial charge in [-0.05, 0) is 36.1 Å². The van der Waals surface area contributed by atoms with Crippen molar-refractivity contribution in [3.8, 4) is 6.07 Å². The minimum absolute atomic E-state index is 0.154. The molecule has 2 aromatic heterocycles. The third kappa shape index (κ3) is 2.39. The van der Waals surface area contributed by atoms with Crippen molar-refractivity contribution in [2.45, 2.75) is 6.92 Å². The topological polar surface area (TPSA) is 56.6 Å². The van der Waals surface area contributed by atoms with E-state index in [9.17, 15) is 10.1 Å². The molecule has 3 nitrogen and oxygen atoms in total. The average molecular weight is 292 g/mol. The number of hydrogen-bond donors (Lipinski definition) is 1. The van der Waals surface area contributed by atoms with Gasteiger partial charge in [0.1, 0.15) is 11.6 Å². The van der Waals surface area contributed by atoms with Crippen LogP contribution in [0.15, 0.2) is 47.5 Å². The minimum Gasteiger partial charge on any atom is -0.360 e. The van der Waals surface area contributed by atoms with Crippen molar-refractivity contribution < 1.29 is 4.79 Å². The Morgan fingerprint density at radius 3 is 2.90 bits per heavy atom. The van der Waals surface area contributed by atoms with Gasteiger partial charge in [0, 0.05) is 27.5 Å². The number of aromatic amines is 1. The van der Waals surface area contributed by atoms with E-state index in [1.165, 1.54) is 11.3 Å². The number of Topliss-reactive ketones (excluding diaryl/α,β-unsaturated/α-hetero) is 1. The fraction of sp³-hybridized carbons (Fsp3) is 0.0588. The van der Waals surface area contributed by atoms with E-state index in [1.807, 2.05) is 48.7 Å². The van der Waals surface area contributed by atoms with E-state index in [4.69, 9.17) is 0 Å². The van der Waals surface area contributed by atoms with Gasteiger partial charge in [-0.25, -0.2) is 0 Å². The summed E-state index contributed by atoms with van der Waals surface area (Å²) in [6.45, 7) is 1.96. The number of fused-ring (bicyclic) bond motifs is 1. The number of benzene rings is 1. The van der Waals surface area contributed by atoms with Crippen LogP contribution >= 0.6 is 11.3 Å². The molecule has 0 radical (unpaired) electrons. The zero-order chi connectivity index (χ0) is 14.8. The maximum absolute atomic E-state index is 12.6. The first-order chi connectivity index (χ1) is 10.2. The molecule has 3 rings (SSSR count). The lowest BCUT2D eigenvalue weighted by Crippen LogP contribution is -2.01. The van der Waals surface area contributed by atoms with Crippen LogP contribution in [0.1, 0.15) is 20.8 Å². The SMILES string of the molecule is Cc1cccc2[nH]cc(C(=O)/C(C#N)=C\c3cccs3)c12. The Bertz CT molecular complexity index is 879. The van der Waals surface area contributed by atoms with Crippen molar-refractivity contribution in [1.82, 2.24) is 4.98 Å². The van der Waals surface area contributed by atoms with Crippen molar-refractivity contribution in [3.63, 3.8) is 0 Å². The molecule has 21 heavy (non-hydrogen) atoms. The number of nitrogens with one attached hydrogen (secondary N) is 1. The van der Waals surface area contributed by atoms with E-state index in [0.717, 1.165) is 21.3 Å². The highest BCUT2D eigenvalue weighted by atomic mass is 32.1. The number of H-pyrrole nitrogens is 1. The molecule has 0 spiro atoms. The van der Waals surface area contributed by atoms with Gasteiger partial charge < -0.3 is 4.98 Å². The molecule has 0 aliphatic rings. The van der Waals surface area contributed by atoms with Crippen LogP contribution in [0.3, 0.4) is 0 Å². The number of aryl methyl sites for hydroxylation is 1. The van der Waals surface area contributed by atoms with Crippen LogP contribution in [0.25, 0.3) is 17.0 Å². The van der Waals surface area contributed by atoms with Crippen LogP contribution < -0.4 is 0 Å². The molecule has 2 heterocycles. The summed E-state index contributed by atoms with van der Waals surface area (Å²) in [5.41, 5.74) is 2.63. The summed E-state index contributed by atoms with van der Waals surface area (Å²) in [6, 6.07) is 11.6. The predicted molar refractivity (Wildman–Crippen MR) is 85.3 cm³/mol. The Kier molecular flexibility index (Phi) is 3.43. The molecular formula is C17H12N2OS. The summed E-state index contributed by atoms with van der Waals surface area (Å²) < 4.78 is 0. The molecule has 0 fully saturated rings. The smallest absolute Gasteiger partial charge is 0.205 e. The molecule has 0 unspecified atom stereocenters. The van der Waals surface area contributed by atoms with Gasteiger partial charge in [0.05, 0.1) is 0 Å². The van der Waals surface area contributed by atoms with Gasteiger partial charge in [0.15, 0.2) is 0 Å². The summed E-state index contributed by atoms with van der Waals surface area (Å²) in [4.78, 5) is 16.6. The first-order valence-electron chi connectivity index (χ1n) is 6.47. The average Bonchev–Trinajstić information content (AvgIpc) is 3.14. The third-order valence-electron chi connectivity index (χ3n) is 3.35. The molecule has 0 saturated heterocycles. The first-order valence-corrected chi connectivity index (χ1v) is 7.35. The molecule has 0 aliphatic carbocycles. The molecule has 4 heteroatoms. The second-order valence-electron chi connectivity index (χ2n) is 4.71. The molecule has 0 bridgehead atoms. The summed E-state index contributed by atoms with van der Waals surface area (Å²) in [5, 5.41) is 12.1. The lowest BCUT2D eigenvalue weighted by molar-refractivity contribution is 0.104. The number of carbonyl (C=O) groups excluding carboxylic acids is 1. The van der Waals surface area contributed by atoms with Crippen molar-refractivity contribution in [1.29, 1.82) is 5.26 Å². The van der Waals surface area contributed by atoms with Gasteiger partial charge in [-0.1, -0.05) is 18.2 Å². The zero-order valence-electron chi connectivity index (χ0n) is 11.4. The van der Waals surface area contributed by atoms with Gasteiger partial charge in [-0.15, -0.1) is 11.3 Å². The highest BCUT2D eigenvalue weighted by Gasteiger charge is 2.17. The van der Waals surface area contributed by atoms with E-state index in [1.54, 1.807) is 12.3 Å². The number of nitrogens with zero attached hydrogens (tertiary/aromatic N) is 1. The predicted octanol–water partition coefficient (Wildman–Crippen LogP) is 4.33. The van der Waals surface area contributed by atoms with E-state index in [-0.39, 0.29) is 11.4 Å². The number of carbonyl (C=O) groups is 1. The summed E-state index contributed by atoms with van der Waals surface area (Å²) in [5.74, 6) is -0.244. The molecule has 0 aliphatic heterocycles. The second-order valence-corrected chi connectivity index (χ2v) is 5.69. The quantitative estimate of drug-likeness (QED) is 0.444. The van der Waals surface area contributed by atoms with Crippen molar-refractivity contribution >= 4 is 34.1 Å². The van der Waals surface area contributed by atoms with Crippen molar-refractivity contribution in [2.24, 2.45) is 0 Å². The van der Waals surface area contributed by atoms with Crippen molar-refractivity contribution in [3.05, 3.63) is 63.5 Å². The van der Waals surface area contributed by atoms with Crippen LogP contribution in [0.5, 0.6) is 0 Å². The number of nitriles is 1. The normalized spacial score (nSPS) is 11.5. The number of allylic oxidation sites excluding steroid dienone is 1. The molecular weight excluding hydrogens is 280 g/mol. The number of thiophene rings is 1. The Hall–Kier alpha value is -2.64. The zero-order valence-corrected chi connectivity index (χ0v) is 12.2. The van der Waals surface area contributed by atoms with Crippen LogP contribution in [0.2, 0.25) is 0 Å². The Morgan fingerprint density at radius 1 is 1.33 bits per heavy atom. The Labute approximate surface area is 126 Å². The lowest BCUT2D eigenvalue weighted by atomic mass is 10.0. The summed E-state index contributed by atoms with van der Waals surface area (Å²) >= 11 is 1.50. The fourth-order valence-corrected chi connectivity index (χ4v) is 3.01. The van der Waals surface area contributed by atoms with E-state index in [2.05, 4.69) is 4.98 Å². The number of rotatable bonds is 3. The standard InChI is InChI=1S/C17H12N2OS/c1-11-4-2-6-15-16(11)14(10-19-15)17(20)12(9-18)8-13-5-3-7-21-13/h2-8,10,19H,1H3/b12-8-. The molecule has 3 aromatic rings. The Morgan fingerprint density at radius 2 is 2.19 bits per heavy atom. The number of ketones is 1. The minimum atomic E-state index is -0.244. The van der Waals surface area contributed by atoms with Crippen molar-refractivity contribution in [2.75, 3.05) is 0 Å². The first kappa shape index (κ1) is 13.3. The van der Waals surface area contributed by atoms with Gasteiger partial charge in [0.2, 0.25) is 5.78 Å². The highest BCUT2D eigenvalue weighted by molar-refractivity contribution is 7.10. The molecule has 1 N–H and O–H groups in total. The van der Waals surface area contributed by atoms with Gasteiger partial charge in [-0.3, -0.25) is 4.79 Å². The van der Waals surface area contributed by atoms with Crippen LogP contribution in [0.4, 0.5) is 0 Å². The maximum Gasteiger partial charge on any atom is 0.205 e. The second kappa shape index (κ2) is 5.39. The monoisotopic (exact) mass is 292 g/mol. The van der Waals surface area contributed by atoms with Gasteiger partial charge >= 0.3 is 0 Å². The fourth-order valence-electron chi connectivity index (χ4n) is 2.36. The van der Waals surface area contributed by atoms with E-state index >= 15 is 0 Å². The molecule has 102 valence electrons. The third-order valence-corrected chi connectivity index (χ3v) is 4.17. The maximum atomic E-state index is 12.6.